The van der Waals surface area contributed by atoms with Crippen LogP contribution < -0.4 is 5.32 Å². The van der Waals surface area contributed by atoms with E-state index in [9.17, 15) is 8.42 Å². The second kappa shape index (κ2) is 7.48. The summed E-state index contributed by atoms with van der Waals surface area (Å²) >= 11 is 3.60. The Morgan fingerprint density at radius 3 is 2.63 bits per heavy atom. The maximum Gasteiger partial charge on any atom is 0.211 e. The number of fused-ring (bicyclic) bond motifs is 3. The molecular formula is C20H24BrN5O3S. The minimum Gasteiger partial charge on any atom is -0.444 e. The van der Waals surface area contributed by atoms with E-state index in [2.05, 4.69) is 31.1 Å². The van der Waals surface area contributed by atoms with Crippen LogP contribution in [0.5, 0.6) is 0 Å². The maximum atomic E-state index is 11.9. The number of nitrogens with zero attached hydrogens (tertiary/aromatic N) is 4. The molecule has 3 aliphatic rings. The topological polar surface area (TPSA) is 102 Å². The average molecular weight is 494 g/mol. The van der Waals surface area contributed by atoms with Crippen LogP contribution in [0.25, 0.3) is 11.0 Å². The van der Waals surface area contributed by atoms with Gasteiger partial charge in [-0.05, 0) is 48.0 Å². The monoisotopic (exact) mass is 493 g/mol. The van der Waals surface area contributed by atoms with Crippen LogP contribution in [0.1, 0.15) is 37.9 Å². The molecule has 2 aromatic heterocycles. The highest BCUT2D eigenvalue weighted by Crippen LogP contribution is 2.38. The van der Waals surface area contributed by atoms with Gasteiger partial charge in [0, 0.05) is 48.7 Å². The summed E-state index contributed by atoms with van der Waals surface area (Å²) in [6.45, 7) is 1.51. The van der Waals surface area contributed by atoms with E-state index in [0.717, 1.165) is 54.3 Å². The molecule has 160 valence electrons. The molecule has 2 atom stereocenters. The number of pyridine rings is 1. The standard InChI is InChI=1S/C20H24BrN5O3S/c1-30(27,28)26-11-14-6-15(26)10-25(14)13-4-2-12(3-5-13)24-20-19(21)17-7-16(8-22)29-18(17)9-23-20/h7,9,12-15H,2-6,10-11H2,1H3,(H,23,24)/t12?,13?,14-,15-/m0/s1. The lowest BCUT2D eigenvalue weighted by Crippen LogP contribution is -2.52. The largest absolute Gasteiger partial charge is 0.444 e. The minimum atomic E-state index is -3.09. The molecule has 0 amide bonds. The van der Waals surface area contributed by atoms with Gasteiger partial charge in [0.15, 0.2) is 5.58 Å². The maximum absolute atomic E-state index is 11.9. The van der Waals surface area contributed by atoms with Crippen LogP contribution >= 0.6 is 15.9 Å². The first kappa shape index (κ1) is 20.2. The molecule has 1 aliphatic carbocycles. The van der Waals surface area contributed by atoms with Crippen molar-refractivity contribution in [1.82, 2.24) is 14.2 Å². The highest BCUT2D eigenvalue weighted by atomic mass is 79.9. The van der Waals surface area contributed by atoms with Crippen molar-refractivity contribution in [3.05, 3.63) is 22.5 Å². The van der Waals surface area contributed by atoms with Crippen LogP contribution in [0.4, 0.5) is 5.82 Å². The number of nitrogens with one attached hydrogen (secondary N) is 1. The van der Waals surface area contributed by atoms with E-state index < -0.39 is 10.0 Å². The van der Waals surface area contributed by atoms with Gasteiger partial charge >= 0.3 is 0 Å². The lowest BCUT2D eigenvalue weighted by atomic mass is 9.89. The van der Waals surface area contributed by atoms with Crippen molar-refractivity contribution in [2.75, 3.05) is 24.7 Å². The number of hydrogen-bond acceptors (Lipinski definition) is 7. The van der Waals surface area contributed by atoms with Gasteiger partial charge in [0.05, 0.1) is 16.9 Å². The van der Waals surface area contributed by atoms with Crippen molar-refractivity contribution in [2.45, 2.75) is 56.3 Å². The summed E-state index contributed by atoms with van der Waals surface area (Å²) in [5.74, 6) is 1.06. The lowest BCUT2D eigenvalue weighted by molar-refractivity contribution is 0.101. The van der Waals surface area contributed by atoms with E-state index in [-0.39, 0.29) is 11.8 Å². The zero-order chi connectivity index (χ0) is 21.0. The van der Waals surface area contributed by atoms with E-state index in [1.807, 2.05) is 6.07 Å². The first-order valence-electron chi connectivity index (χ1n) is 10.3. The fourth-order valence-corrected chi connectivity index (χ4v) is 7.06. The average Bonchev–Trinajstić information content (AvgIpc) is 3.44. The molecule has 2 bridgehead atoms. The fraction of sp³-hybridized carbons (Fsp3) is 0.600. The molecule has 30 heavy (non-hydrogen) atoms. The zero-order valence-electron chi connectivity index (χ0n) is 16.7. The molecule has 1 saturated carbocycles. The highest BCUT2D eigenvalue weighted by molar-refractivity contribution is 9.10. The number of rotatable bonds is 4. The van der Waals surface area contributed by atoms with E-state index in [0.29, 0.717) is 30.3 Å². The predicted octanol–water partition coefficient (Wildman–Crippen LogP) is 2.90. The number of halogens is 1. The molecule has 0 radical (unpaired) electrons. The Morgan fingerprint density at radius 2 is 2.00 bits per heavy atom. The summed E-state index contributed by atoms with van der Waals surface area (Å²) in [5.41, 5.74) is 0.597. The SMILES string of the molecule is CS(=O)(=O)N1C[C@@H]2C[C@H]1CN2C1CCC(Nc2ncc3oc(C#N)cc3c2Br)CC1. The van der Waals surface area contributed by atoms with Crippen molar-refractivity contribution in [3.8, 4) is 6.07 Å². The molecule has 4 heterocycles. The molecule has 2 saturated heterocycles. The Balaban J connectivity index is 1.20. The smallest absolute Gasteiger partial charge is 0.211 e. The van der Waals surface area contributed by atoms with Crippen molar-refractivity contribution >= 4 is 42.7 Å². The van der Waals surface area contributed by atoms with E-state index in [4.69, 9.17) is 9.68 Å². The molecule has 2 aliphatic heterocycles. The summed E-state index contributed by atoms with van der Waals surface area (Å²) in [4.78, 5) is 7.03. The van der Waals surface area contributed by atoms with Gasteiger partial charge in [-0.15, -0.1) is 0 Å². The number of nitriles is 1. The molecular weight excluding hydrogens is 470 g/mol. The normalized spacial score (nSPS) is 30.0. The van der Waals surface area contributed by atoms with Gasteiger partial charge in [-0.3, -0.25) is 4.90 Å². The van der Waals surface area contributed by atoms with Gasteiger partial charge in [-0.2, -0.15) is 9.57 Å². The van der Waals surface area contributed by atoms with Gasteiger partial charge in [0.25, 0.3) is 0 Å². The second-order valence-corrected chi connectivity index (χ2v) is 11.4. The number of piperazine rings is 1. The minimum absolute atomic E-state index is 0.154. The van der Waals surface area contributed by atoms with Crippen LogP contribution in [-0.2, 0) is 10.0 Å². The molecule has 2 aromatic rings. The van der Waals surface area contributed by atoms with Gasteiger partial charge in [0.1, 0.15) is 11.9 Å². The van der Waals surface area contributed by atoms with E-state index in [1.165, 1.54) is 6.26 Å². The van der Waals surface area contributed by atoms with Crippen molar-refractivity contribution < 1.29 is 12.8 Å². The number of anilines is 1. The van der Waals surface area contributed by atoms with Crippen LogP contribution in [0.15, 0.2) is 21.2 Å². The van der Waals surface area contributed by atoms with E-state index in [1.54, 1.807) is 16.6 Å². The number of furan rings is 1. The molecule has 1 N–H and O–H groups in total. The third-order valence-electron chi connectivity index (χ3n) is 6.79. The number of hydrogen-bond donors (Lipinski definition) is 1. The third-order valence-corrected chi connectivity index (χ3v) is 8.89. The van der Waals surface area contributed by atoms with Crippen molar-refractivity contribution in [3.63, 3.8) is 0 Å². The van der Waals surface area contributed by atoms with Crippen LogP contribution in [0.3, 0.4) is 0 Å². The van der Waals surface area contributed by atoms with Crippen LogP contribution in [-0.4, -0.2) is 66.1 Å². The molecule has 3 fully saturated rings. The number of sulfonamides is 1. The lowest BCUT2D eigenvalue weighted by Gasteiger charge is -2.41. The quantitative estimate of drug-likeness (QED) is 0.698. The predicted molar refractivity (Wildman–Crippen MR) is 117 cm³/mol. The summed E-state index contributed by atoms with van der Waals surface area (Å²) < 4.78 is 31.8. The Labute approximate surface area is 184 Å². The van der Waals surface area contributed by atoms with Gasteiger partial charge in [-0.1, -0.05) is 0 Å². The third kappa shape index (κ3) is 3.51. The zero-order valence-corrected chi connectivity index (χ0v) is 19.1. The summed E-state index contributed by atoms with van der Waals surface area (Å²) in [5, 5.41) is 13.4. The van der Waals surface area contributed by atoms with Gasteiger partial charge < -0.3 is 9.73 Å². The van der Waals surface area contributed by atoms with E-state index >= 15 is 0 Å². The molecule has 8 nitrogen and oxygen atoms in total. The Hall–Kier alpha value is -1.67. The molecule has 0 spiro atoms. The van der Waals surface area contributed by atoms with Crippen molar-refractivity contribution in [2.24, 2.45) is 0 Å². The summed E-state index contributed by atoms with van der Waals surface area (Å²) in [7, 11) is -3.09. The highest BCUT2D eigenvalue weighted by Gasteiger charge is 2.48. The summed E-state index contributed by atoms with van der Waals surface area (Å²) in [6, 6.07) is 5.15. The van der Waals surface area contributed by atoms with Gasteiger partial charge in [0.2, 0.25) is 15.8 Å². The van der Waals surface area contributed by atoms with Crippen molar-refractivity contribution in [1.29, 1.82) is 5.26 Å². The molecule has 0 unspecified atom stereocenters. The first-order chi connectivity index (χ1) is 14.3. The molecule has 10 heteroatoms. The molecule has 0 aromatic carbocycles. The summed E-state index contributed by atoms with van der Waals surface area (Å²) in [6.07, 6.45) is 8.25. The fourth-order valence-electron chi connectivity index (χ4n) is 5.40. The molecule has 5 rings (SSSR count). The first-order valence-corrected chi connectivity index (χ1v) is 12.9. The number of aromatic nitrogens is 1. The Morgan fingerprint density at radius 1 is 1.23 bits per heavy atom. The van der Waals surface area contributed by atoms with Gasteiger partial charge in [-0.25, -0.2) is 13.4 Å². The Bertz CT molecular complexity index is 1120. The van der Waals surface area contributed by atoms with Crippen LogP contribution in [0, 0.1) is 11.3 Å². The Kier molecular flexibility index (Phi) is 5.05. The second-order valence-electron chi connectivity index (χ2n) is 8.64. The van der Waals surface area contributed by atoms with Crippen LogP contribution in [0.2, 0.25) is 0 Å². The number of likely N-dealkylation sites (tertiary alicyclic amines) is 1.